The lowest BCUT2D eigenvalue weighted by Gasteiger charge is -2.43. The number of carbonyl (C=O) groups excluding carboxylic acids is 7. The van der Waals surface area contributed by atoms with Crippen LogP contribution in [0.4, 0.5) is 5.69 Å². The molecule has 37 heavy (non-hydrogen) atoms. The predicted octanol–water partition coefficient (Wildman–Crippen LogP) is 0.588. The Hall–Kier alpha value is -3.80. The Balaban J connectivity index is 1.80. The molecule has 1 aromatic rings. The lowest BCUT2D eigenvalue weighted by Crippen LogP contribution is -2.64. The van der Waals surface area contributed by atoms with Gasteiger partial charge >= 0.3 is 0 Å². The molecule has 2 aliphatic rings. The summed E-state index contributed by atoms with van der Waals surface area (Å²) in [5.74, 6) is -2.95. The van der Waals surface area contributed by atoms with Crippen molar-refractivity contribution in [1.82, 2.24) is 20.7 Å². The van der Waals surface area contributed by atoms with Gasteiger partial charge in [0.05, 0.1) is 16.8 Å². The van der Waals surface area contributed by atoms with Crippen LogP contribution in [0.3, 0.4) is 0 Å². The van der Waals surface area contributed by atoms with Crippen molar-refractivity contribution in [2.24, 2.45) is 0 Å². The van der Waals surface area contributed by atoms with Crippen molar-refractivity contribution in [3.63, 3.8) is 0 Å². The number of hydrazine groups is 1. The second kappa shape index (κ2) is 12.0. The third kappa shape index (κ3) is 6.70. The molecule has 2 aliphatic heterocycles. The summed E-state index contributed by atoms with van der Waals surface area (Å²) in [5.41, 5.74) is 0.448. The van der Waals surface area contributed by atoms with Gasteiger partial charge in [-0.05, 0) is 44.4 Å². The van der Waals surface area contributed by atoms with E-state index in [-0.39, 0.29) is 60.4 Å². The van der Waals surface area contributed by atoms with Gasteiger partial charge in [0.25, 0.3) is 11.8 Å². The number of anilines is 1. The lowest BCUT2D eigenvalue weighted by molar-refractivity contribution is -0.176. The normalized spacial score (nSPS) is 20.3. The minimum atomic E-state index is -1.11. The Kier molecular flexibility index (Phi) is 8.98. The van der Waals surface area contributed by atoms with Gasteiger partial charge in [-0.1, -0.05) is 11.6 Å². The second-order valence-electron chi connectivity index (χ2n) is 8.96. The fraction of sp³-hybridized carbons (Fsp3) is 0.458. The SMILES string of the molecule is CC(=O)CC(C=O)NC(=O)C1CCCN2C(=O)CCC(NC(=O)c3ccc(NC(C)=O)c(Cl)c3)C(=O)N12. The number of nitrogens with one attached hydrogen (secondary N) is 3. The Morgan fingerprint density at radius 2 is 1.89 bits per heavy atom. The van der Waals surface area contributed by atoms with Crippen LogP contribution in [0.2, 0.25) is 5.02 Å². The standard InChI is InChI=1S/C24H28ClN5O7/c1-13(32)10-16(12-31)27-23(36)20-4-3-9-29-21(34)8-7-19(24(37)30(20)29)28-22(35)15-5-6-18(17(25)11-15)26-14(2)33/h5-6,11-12,16,19-20H,3-4,7-10H2,1-2H3,(H,26,33)(H,27,36)(H,28,35). The van der Waals surface area contributed by atoms with Crippen molar-refractivity contribution < 1.29 is 33.6 Å². The molecule has 2 saturated heterocycles. The number of Topliss-reactive ketones (excluding diaryl/α,β-unsaturated/α-hetero) is 1. The molecular formula is C24H28ClN5O7. The van der Waals surface area contributed by atoms with Gasteiger partial charge in [-0.25, -0.2) is 5.01 Å². The summed E-state index contributed by atoms with van der Waals surface area (Å²) in [6, 6.07) is 0.961. The number of hydrogen-bond donors (Lipinski definition) is 3. The maximum absolute atomic E-state index is 13.5. The van der Waals surface area contributed by atoms with E-state index in [4.69, 9.17) is 11.6 Å². The van der Waals surface area contributed by atoms with E-state index in [0.29, 0.717) is 18.4 Å². The molecule has 3 rings (SSSR count). The van der Waals surface area contributed by atoms with Crippen LogP contribution in [0.15, 0.2) is 18.2 Å². The van der Waals surface area contributed by atoms with Crippen LogP contribution in [-0.4, -0.2) is 76.3 Å². The van der Waals surface area contributed by atoms with Crippen LogP contribution in [0.25, 0.3) is 0 Å². The van der Waals surface area contributed by atoms with Crippen molar-refractivity contribution >= 4 is 58.9 Å². The average molecular weight is 534 g/mol. The van der Waals surface area contributed by atoms with Gasteiger partial charge in [-0.3, -0.25) is 33.8 Å². The lowest BCUT2D eigenvalue weighted by atomic mass is 10.0. The third-order valence-electron chi connectivity index (χ3n) is 6.01. The average Bonchev–Trinajstić information content (AvgIpc) is 2.96. The molecule has 12 nitrogen and oxygen atoms in total. The second-order valence-corrected chi connectivity index (χ2v) is 9.36. The molecule has 0 spiro atoms. The molecule has 13 heteroatoms. The maximum Gasteiger partial charge on any atom is 0.264 e. The first-order chi connectivity index (χ1) is 17.5. The highest BCUT2D eigenvalue weighted by Crippen LogP contribution is 2.26. The van der Waals surface area contributed by atoms with Gasteiger partial charge < -0.3 is 20.7 Å². The molecule has 3 unspecified atom stereocenters. The van der Waals surface area contributed by atoms with E-state index >= 15 is 0 Å². The highest BCUT2D eigenvalue weighted by atomic mass is 35.5. The van der Waals surface area contributed by atoms with E-state index in [1.165, 1.54) is 37.1 Å². The minimum Gasteiger partial charge on any atom is -0.344 e. The van der Waals surface area contributed by atoms with Gasteiger partial charge in [0, 0.05) is 31.9 Å². The van der Waals surface area contributed by atoms with Crippen LogP contribution in [0.1, 0.15) is 56.3 Å². The molecule has 2 heterocycles. The number of carbonyl (C=O) groups is 7. The zero-order valence-corrected chi connectivity index (χ0v) is 21.2. The van der Waals surface area contributed by atoms with Gasteiger partial charge in [-0.2, -0.15) is 0 Å². The molecule has 198 valence electrons. The van der Waals surface area contributed by atoms with Crippen LogP contribution < -0.4 is 16.0 Å². The van der Waals surface area contributed by atoms with Gasteiger partial charge in [-0.15, -0.1) is 0 Å². The summed E-state index contributed by atoms with van der Waals surface area (Å²) in [6.45, 7) is 2.82. The molecule has 3 atom stereocenters. The Labute approximate surface area is 218 Å². The number of amides is 5. The van der Waals surface area contributed by atoms with E-state index in [1.807, 2.05) is 0 Å². The summed E-state index contributed by atoms with van der Waals surface area (Å²) in [5, 5.41) is 10.0. The summed E-state index contributed by atoms with van der Waals surface area (Å²) in [4.78, 5) is 86.3. The Bertz CT molecular complexity index is 1140. The molecule has 5 amide bonds. The van der Waals surface area contributed by atoms with E-state index in [9.17, 15) is 33.6 Å². The van der Waals surface area contributed by atoms with E-state index in [1.54, 1.807) is 0 Å². The third-order valence-corrected chi connectivity index (χ3v) is 6.32. The van der Waals surface area contributed by atoms with Crippen molar-refractivity contribution in [3.05, 3.63) is 28.8 Å². The number of nitrogens with zero attached hydrogens (tertiary/aromatic N) is 2. The number of rotatable bonds is 8. The summed E-state index contributed by atoms with van der Waals surface area (Å²) >= 11 is 6.15. The number of hydrogen-bond acceptors (Lipinski definition) is 7. The van der Waals surface area contributed by atoms with E-state index in [0.717, 1.165) is 5.01 Å². The summed E-state index contributed by atoms with van der Waals surface area (Å²) in [7, 11) is 0. The smallest absolute Gasteiger partial charge is 0.264 e. The first-order valence-corrected chi connectivity index (χ1v) is 12.2. The van der Waals surface area contributed by atoms with Crippen molar-refractivity contribution in [3.8, 4) is 0 Å². The van der Waals surface area contributed by atoms with E-state index < -0.39 is 35.8 Å². The number of halogens is 1. The largest absolute Gasteiger partial charge is 0.344 e. The van der Waals surface area contributed by atoms with Crippen LogP contribution in [0.5, 0.6) is 0 Å². The summed E-state index contributed by atoms with van der Waals surface area (Å²) in [6.07, 6.45) is 0.909. The molecule has 0 aliphatic carbocycles. The quantitative estimate of drug-likeness (QED) is 0.412. The monoisotopic (exact) mass is 533 g/mol. The number of fused-ring (bicyclic) bond motifs is 1. The van der Waals surface area contributed by atoms with Crippen molar-refractivity contribution in [2.45, 2.75) is 64.1 Å². The van der Waals surface area contributed by atoms with Crippen molar-refractivity contribution in [1.29, 1.82) is 0 Å². The molecule has 2 fully saturated rings. The maximum atomic E-state index is 13.5. The highest BCUT2D eigenvalue weighted by molar-refractivity contribution is 6.34. The molecular weight excluding hydrogens is 506 g/mol. The number of aldehydes is 1. The van der Waals surface area contributed by atoms with Gasteiger partial charge in [0.1, 0.15) is 24.2 Å². The Morgan fingerprint density at radius 3 is 2.51 bits per heavy atom. The highest BCUT2D eigenvalue weighted by Gasteiger charge is 2.44. The minimum absolute atomic E-state index is 0.0176. The van der Waals surface area contributed by atoms with Gasteiger partial charge in [0.2, 0.25) is 17.7 Å². The Morgan fingerprint density at radius 1 is 1.16 bits per heavy atom. The molecule has 3 N–H and O–H groups in total. The first kappa shape index (κ1) is 27.8. The van der Waals surface area contributed by atoms with Gasteiger partial charge in [0.15, 0.2) is 0 Å². The van der Waals surface area contributed by atoms with Crippen LogP contribution in [0, 0.1) is 0 Å². The van der Waals surface area contributed by atoms with Crippen molar-refractivity contribution in [2.75, 3.05) is 11.9 Å². The molecule has 0 radical (unpaired) electrons. The molecule has 0 aromatic heterocycles. The zero-order chi connectivity index (χ0) is 27.3. The molecule has 0 bridgehead atoms. The fourth-order valence-corrected chi connectivity index (χ4v) is 4.54. The predicted molar refractivity (Wildman–Crippen MR) is 131 cm³/mol. The number of benzene rings is 1. The number of ketones is 1. The zero-order valence-electron chi connectivity index (χ0n) is 20.4. The van der Waals surface area contributed by atoms with E-state index in [2.05, 4.69) is 16.0 Å². The van der Waals surface area contributed by atoms with Crippen LogP contribution in [-0.2, 0) is 28.8 Å². The van der Waals surface area contributed by atoms with Crippen LogP contribution >= 0.6 is 11.6 Å². The topological polar surface area (TPSA) is 162 Å². The molecule has 1 aromatic carbocycles. The first-order valence-electron chi connectivity index (χ1n) is 11.8. The fourth-order valence-electron chi connectivity index (χ4n) is 4.32. The molecule has 0 saturated carbocycles. The summed E-state index contributed by atoms with van der Waals surface area (Å²) < 4.78 is 0.